The highest BCUT2D eigenvalue weighted by Gasteiger charge is 2.33. The van der Waals surface area contributed by atoms with E-state index < -0.39 is 28.5 Å². The Bertz CT molecular complexity index is 1460. The minimum atomic E-state index is -4.13. The number of ether oxygens (including phenoxy) is 1. The van der Waals surface area contributed by atoms with Gasteiger partial charge in [-0.05, 0) is 93.5 Å². The third kappa shape index (κ3) is 8.79. The minimum Gasteiger partial charge on any atom is -0.494 e. The van der Waals surface area contributed by atoms with Crippen LogP contribution in [0.4, 0.5) is 5.69 Å². The molecule has 2 amide bonds. The Kier molecular flexibility index (Phi) is 12.1. The SMILES string of the molecule is CCOc1ccc(N(CC(=O)N(CCc2ccccc2)[C@H](C)C(=O)NC2CCCCC2)S(=O)(=O)c2ccc(SC)cc2)cc1. The van der Waals surface area contributed by atoms with Crippen molar-refractivity contribution in [3.63, 3.8) is 0 Å². The molecule has 3 aromatic carbocycles. The molecule has 8 nitrogen and oxygen atoms in total. The van der Waals surface area contributed by atoms with Crippen molar-refractivity contribution >= 4 is 39.3 Å². The van der Waals surface area contributed by atoms with E-state index in [0.717, 1.165) is 40.4 Å². The van der Waals surface area contributed by atoms with E-state index in [-0.39, 0.29) is 23.4 Å². The largest absolute Gasteiger partial charge is 0.494 e. The van der Waals surface area contributed by atoms with Gasteiger partial charge in [-0.25, -0.2) is 8.42 Å². The second kappa shape index (κ2) is 16.0. The number of benzene rings is 3. The lowest BCUT2D eigenvalue weighted by Crippen LogP contribution is -2.53. The number of carbonyl (C=O) groups is 2. The number of rotatable bonds is 14. The van der Waals surface area contributed by atoms with Gasteiger partial charge in [0.2, 0.25) is 11.8 Å². The molecule has 3 aromatic rings. The second-order valence-corrected chi connectivity index (χ2v) is 13.7. The Hall–Kier alpha value is -3.50. The van der Waals surface area contributed by atoms with E-state index in [1.165, 1.54) is 23.1 Å². The van der Waals surface area contributed by atoms with Crippen molar-refractivity contribution in [2.75, 3.05) is 30.3 Å². The Balaban J connectivity index is 1.64. The van der Waals surface area contributed by atoms with Crippen LogP contribution in [0.5, 0.6) is 5.75 Å². The maximum atomic E-state index is 14.1. The molecule has 0 unspecified atom stereocenters. The summed E-state index contributed by atoms with van der Waals surface area (Å²) in [5.41, 5.74) is 1.35. The van der Waals surface area contributed by atoms with Gasteiger partial charge in [0.25, 0.3) is 10.0 Å². The van der Waals surface area contributed by atoms with Gasteiger partial charge >= 0.3 is 0 Å². The van der Waals surface area contributed by atoms with Gasteiger partial charge in [-0.2, -0.15) is 0 Å². The molecule has 0 radical (unpaired) electrons. The van der Waals surface area contributed by atoms with E-state index in [9.17, 15) is 18.0 Å². The van der Waals surface area contributed by atoms with E-state index in [0.29, 0.717) is 24.5 Å². The average Bonchev–Trinajstić information content (AvgIpc) is 3.05. The monoisotopic (exact) mass is 637 g/mol. The number of nitrogens with one attached hydrogen (secondary N) is 1. The highest BCUT2D eigenvalue weighted by Crippen LogP contribution is 2.28. The van der Waals surface area contributed by atoms with Crippen molar-refractivity contribution in [1.82, 2.24) is 10.2 Å². The molecule has 0 saturated heterocycles. The normalized spacial score (nSPS) is 14.4. The predicted molar refractivity (Wildman–Crippen MR) is 177 cm³/mol. The molecule has 4 rings (SSSR count). The van der Waals surface area contributed by atoms with Crippen LogP contribution >= 0.6 is 11.8 Å². The third-order valence-corrected chi connectivity index (χ3v) is 10.5. The topological polar surface area (TPSA) is 96.0 Å². The maximum Gasteiger partial charge on any atom is 0.264 e. The van der Waals surface area contributed by atoms with Crippen molar-refractivity contribution < 1.29 is 22.7 Å². The summed E-state index contributed by atoms with van der Waals surface area (Å²) >= 11 is 1.51. The Morgan fingerprint density at radius 1 is 0.955 bits per heavy atom. The number of carbonyl (C=O) groups excluding carboxylic acids is 2. The molecule has 44 heavy (non-hydrogen) atoms. The zero-order valence-corrected chi connectivity index (χ0v) is 27.4. The fourth-order valence-corrected chi connectivity index (χ4v) is 7.24. The summed E-state index contributed by atoms with van der Waals surface area (Å²) in [5.74, 6) is -0.0754. The molecule has 0 aromatic heterocycles. The molecule has 1 atom stereocenters. The molecule has 1 aliphatic rings. The zero-order valence-electron chi connectivity index (χ0n) is 25.8. The molecular formula is C34H43N3O5S2. The lowest BCUT2D eigenvalue weighted by molar-refractivity contribution is -0.139. The summed E-state index contributed by atoms with van der Waals surface area (Å²) in [5, 5.41) is 3.14. The van der Waals surface area contributed by atoms with Crippen molar-refractivity contribution in [3.8, 4) is 5.75 Å². The van der Waals surface area contributed by atoms with Crippen molar-refractivity contribution in [2.45, 2.75) is 74.2 Å². The van der Waals surface area contributed by atoms with Crippen LogP contribution in [-0.4, -0.2) is 63.2 Å². The molecule has 0 aliphatic heterocycles. The number of thioether (sulfide) groups is 1. The van der Waals surface area contributed by atoms with Gasteiger partial charge in [0.15, 0.2) is 0 Å². The van der Waals surface area contributed by atoms with Gasteiger partial charge in [-0.15, -0.1) is 11.8 Å². The average molecular weight is 638 g/mol. The summed E-state index contributed by atoms with van der Waals surface area (Å²) in [6.07, 6.45) is 7.61. The first-order valence-electron chi connectivity index (χ1n) is 15.3. The second-order valence-electron chi connectivity index (χ2n) is 11.0. The van der Waals surface area contributed by atoms with Gasteiger partial charge in [-0.3, -0.25) is 13.9 Å². The lowest BCUT2D eigenvalue weighted by atomic mass is 9.95. The van der Waals surface area contributed by atoms with E-state index in [1.54, 1.807) is 55.5 Å². The van der Waals surface area contributed by atoms with Gasteiger partial charge in [0.1, 0.15) is 18.3 Å². The summed E-state index contributed by atoms with van der Waals surface area (Å²) in [7, 11) is -4.13. The van der Waals surface area contributed by atoms with Crippen LogP contribution in [0, 0.1) is 0 Å². The molecule has 0 bridgehead atoms. The van der Waals surface area contributed by atoms with Gasteiger partial charge in [-0.1, -0.05) is 49.6 Å². The standard InChI is InChI=1S/C34H43N3O5S2/c1-4-42-30-17-15-29(16-18-30)37(44(40,41)32-21-19-31(43-3)20-22-32)25-33(38)36(24-23-27-11-7-5-8-12-27)26(2)34(39)35-28-13-9-6-10-14-28/h5,7-8,11-12,15-22,26,28H,4,6,9-10,13-14,23-25H2,1-3H3,(H,35,39)/t26-/m1/s1. The molecule has 0 heterocycles. The van der Waals surface area contributed by atoms with Crippen LogP contribution < -0.4 is 14.4 Å². The molecule has 1 N–H and O–H groups in total. The number of anilines is 1. The first-order chi connectivity index (χ1) is 21.2. The molecule has 1 saturated carbocycles. The molecule has 0 spiro atoms. The van der Waals surface area contributed by atoms with Crippen LogP contribution in [0.1, 0.15) is 51.5 Å². The Morgan fingerprint density at radius 2 is 1.61 bits per heavy atom. The van der Waals surface area contributed by atoms with Gasteiger partial charge < -0.3 is 15.0 Å². The highest BCUT2D eigenvalue weighted by molar-refractivity contribution is 7.98. The molecule has 236 valence electrons. The summed E-state index contributed by atoms with van der Waals surface area (Å²) in [6, 6.07) is 22.3. The fraction of sp³-hybridized carbons (Fsp3) is 0.412. The lowest BCUT2D eigenvalue weighted by Gasteiger charge is -2.33. The first-order valence-corrected chi connectivity index (χ1v) is 17.9. The molecular weight excluding hydrogens is 595 g/mol. The Morgan fingerprint density at radius 3 is 2.23 bits per heavy atom. The number of sulfonamides is 1. The number of nitrogens with zero attached hydrogens (tertiary/aromatic N) is 2. The van der Waals surface area contributed by atoms with E-state index >= 15 is 0 Å². The highest BCUT2D eigenvalue weighted by atomic mass is 32.2. The van der Waals surface area contributed by atoms with Crippen LogP contribution in [0.15, 0.2) is 88.7 Å². The first kappa shape index (κ1) is 33.4. The van der Waals surface area contributed by atoms with Crippen LogP contribution in [0.3, 0.4) is 0 Å². The molecule has 1 fully saturated rings. The van der Waals surface area contributed by atoms with Crippen LogP contribution in [0.25, 0.3) is 0 Å². The fourth-order valence-electron chi connectivity index (χ4n) is 5.42. The van der Waals surface area contributed by atoms with Crippen LogP contribution in [0.2, 0.25) is 0 Å². The smallest absolute Gasteiger partial charge is 0.264 e. The van der Waals surface area contributed by atoms with Crippen LogP contribution in [-0.2, 0) is 26.0 Å². The minimum absolute atomic E-state index is 0.0795. The van der Waals surface area contributed by atoms with Crippen molar-refractivity contribution in [3.05, 3.63) is 84.4 Å². The summed E-state index contributed by atoms with van der Waals surface area (Å²) in [6.45, 7) is 3.87. The number of hydrogen-bond acceptors (Lipinski definition) is 6. The third-order valence-electron chi connectivity index (χ3n) is 7.97. The molecule has 1 aliphatic carbocycles. The zero-order chi connectivity index (χ0) is 31.5. The van der Waals surface area contributed by atoms with Gasteiger partial charge in [0.05, 0.1) is 17.2 Å². The van der Waals surface area contributed by atoms with Crippen molar-refractivity contribution in [1.29, 1.82) is 0 Å². The molecule has 10 heteroatoms. The predicted octanol–water partition coefficient (Wildman–Crippen LogP) is 5.91. The van der Waals surface area contributed by atoms with Gasteiger partial charge in [0, 0.05) is 17.5 Å². The number of hydrogen-bond donors (Lipinski definition) is 1. The quantitative estimate of drug-likeness (QED) is 0.221. The summed E-state index contributed by atoms with van der Waals surface area (Å²) in [4.78, 5) is 30.1. The number of amides is 2. The Labute approximate surface area is 266 Å². The van der Waals surface area contributed by atoms with E-state index in [2.05, 4.69) is 5.32 Å². The maximum absolute atomic E-state index is 14.1. The summed E-state index contributed by atoms with van der Waals surface area (Å²) < 4.78 is 34.9. The van der Waals surface area contributed by atoms with E-state index in [1.807, 2.05) is 43.5 Å². The van der Waals surface area contributed by atoms with E-state index in [4.69, 9.17) is 4.74 Å². The van der Waals surface area contributed by atoms with Crippen molar-refractivity contribution in [2.24, 2.45) is 0 Å².